The van der Waals surface area contributed by atoms with E-state index in [0.29, 0.717) is 11.5 Å². The second-order valence-corrected chi connectivity index (χ2v) is 7.51. The van der Waals surface area contributed by atoms with Crippen LogP contribution >= 0.6 is 0 Å². The lowest BCUT2D eigenvalue weighted by Crippen LogP contribution is -2.36. The van der Waals surface area contributed by atoms with Crippen molar-refractivity contribution in [3.05, 3.63) is 35.5 Å². The van der Waals surface area contributed by atoms with Crippen molar-refractivity contribution >= 4 is 11.7 Å². The van der Waals surface area contributed by atoms with Gasteiger partial charge in [-0.3, -0.25) is 4.79 Å². The topological polar surface area (TPSA) is 75.9 Å². The summed E-state index contributed by atoms with van der Waals surface area (Å²) >= 11 is 0. The molecular formula is C21H26N6O. The number of nitrogens with one attached hydrogen (secondary N) is 1. The highest BCUT2D eigenvalue weighted by molar-refractivity contribution is 5.94. The van der Waals surface area contributed by atoms with Crippen molar-refractivity contribution in [2.45, 2.75) is 51.0 Å². The van der Waals surface area contributed by atoms with E-state index in [0.717, 1.165) is 56.4 Å². The number of piperidine rings is 1. The number of anilines is 1. The predicted molar refractivity (Wildman–Crippen MR) is 107 cm³/mol. The van der Waals surface area contributed by atoms with Crippen LogP contribution in [-0.4, -0.2) is 45.3 Å². The maximum absolute atomic E-state index is 12.0. The van der Waals surface area contributed by atoms with Crippen LogP contribution in [0.25, 0.3) is 0 Å². The summed E-state index contributed by atoms with van der Waals surface area (Å²) in [5.74, 6) is 5.75. The van der Waals surface area contributed by atoms with Crippen molar-refractivity contribution < 1.29 is 4.79 Å². The number of hydrogen-bond acceptors (Lipinski definition) is 5. The van der Waals surface area contributed by atoms with Crippen LogP contribution in [0.5, 0.6) is 0 Å². The van der Waals surface area contributed by atoms with Crippen molar-refractivity contribution in [2.75, 3.05) is 24.5 Å². The smallest absolute Gasteiger partial charge is 0.253 e. The molecule has 1 N–H and O–H groups in total. The standard InChI is InChI=1S/C21H26N6O/c1-2-11-22-21(28)16-9-10-18(23-14-16)26-12-6-7-17(15-26)20-25-24-19-8-4-3-5-13-27(19)20/h1,9-10,14,17H,3-8,11-13,15H2,(H,22,28)/t17-/m0/s1. The Labute approximate surface area is 165 Å². The van der Waals surface area contributed by atoms with Gasteiger partial charge in [-0.25, -0.2) is 4.98 Å². The van der Waals surface area contributed by atoms with Gasteiger partial charge in [0.2, 0.25) is 0 Å². The monoisotopic (exact) mass is 378 g/mol. The number of fused-ring (bicyclic) bond motifs is 1. The van der Waals surface area contributed by atoms with Gasteiger partial charge in [0, 0.05) is 38.2 Å². The van der Waals surface area contributed by atoms with E-state index in [-0.39, 0.29) is 12.5 Å². The summed E-state index contributed by atoms with van der Waals surface area (Å²) in [6.07, 6.45) is 13.7. The number of terminal acetylenes is 1. The molecule has 1 saturated heterocycles. The Kier molecular flexibility index (Phi) is 5.56. The molecule has 4 heterocycles. The molecule has 2 aromatic rings. The molecule has 0 saturated carbocycles. The summed E-state index contributed by atoms with van der Waals surface area (Å²) < 4.78 is 2.35. The van der Waals surface area contributed by atoms with Gasteiger partial charge in [0.15, 0.2) is 0 Å². The third-order valence-electron chi connectivity index (χ3n) is 5.61. The van der Waals surface area contributed by atoms with Crippen LogP contribution < -0.4 is 10.2 Å². The van der Waals surface area contributed by atoms with Gasteiger partial charge in [0.05, 0.1) is 12.1 Å². The van der Waals surface area contributed by atoms with Gasteiger partial charge in [0.25, 0.3) is 5.91 Å². The van der Waals surface area contributed by atoms with Crippen LogP contribution in [0.3, 0.4) is 0 Å². The zero-order valence-corrected chi connectivity index (χ0v) is 16.1. The van der Waals surface area contributed by atoms with E-state index in [4.69, 9.17) is 6.42 Å². The minimum absolute atomic E-state index is 0.195. The van der Waals surface area contributed by atoms with Gasteiger partial charge in [-0.05, 0) is 37.8 Å². The third kappa shape index (κ3) is 3.86. The summed E-state index contributed by atoms with van der Waals surface area (Å²) in [7, 11) is 0. The minimum Gasteiger partial charge on any atom is -0.356 e. The first-order valence-electron chi connectivity index (χ1n) is 10.1. The predicted octanol–water partition coefficient (Wildman–Crippen LogP) is 2.15. The lowest BCUT2D eigenvalue weighted by atomic mass is 9.97. The number of carbonyl (C=O) groups is 1. The van der Waals surface area contributed by atoms with Crippen LogP contribution in [0.1, 0.15) is 60.0 Å². The van der Waals surface area contributed by atoms with Gasteiger partial charge in [-0.15, -0.1) is 16.6 Å². The number of hydrogen-bond donors (Lipinski definition) is 1. The lowest BCUT2D eigenvalue weighted by Gasteiger charge is -2.33. The molecule has 0 aromatic carbocycles. The molecule has 28 heavy (non-hydrogen) atoms. The highest BCUT2D eigenvalue weighted by Gasteiger charge is 2.28. The fraction of sp³-hybridized carbons (Fsp3) is 0.524. The van der Waals surface area contributed by atoms with Crippen molar-refractivity contribution in [1.29, 1.82) is 0 Å². The van der Waals surface area contributed by atoms with E-state index in [1.807, 2.05) is 6.07 Å². The van der Waals surface area contributed by atoms with Crippen molar-refractivity contribution in [2.24, 2.45) is 0 Å². The van der Waals surface area contributed by atoms with E-state index >= 15 is 0 Å². The molecule has 2 aliphatic rings. The van der Waals surface area contributed by atoms with Gasteiger partial charge in [-0.1, -0.05) is 12.3 Å². The molecule has 1 amide bonds. The second kappa shape index (κ2) is 8.42. The number of nitrogens with zero attached hydrogens (tertiary/aromatic N) is 5. The summed E-state index contributed by atoms with van der Waals surface area (Å²) in [6, 6.07) is 3.72. The first-order chi connectivity index (χ1) is 13.8. The molecule has 146 valence electrons. The van der Waals surface area contributed by atoms with E-state index < -0.39 is 0 Å². The molecule has 0 unspecified atom stereocenters. The molecule has 0 radical (unpaired) electrons. The maximum atomic E-state index is 12.0. The molecule has 2 aliphatic heterocycles. The fourth-order valence-electron chi connectivity index (χ4n) is 4.15. The van der Waals surface area contributed by atoms with Crippen molar-refractivity contribution in [1.82, 2.24) is 25.1 Å². The zero-order chi connectivity index (χ0) is 19.3. The Morgan fingerprint density at radius 1 is 1.21 bits per heavy atom. The van der Waals surface area contributed by atoms with Crippen LogP contribution in [0.4, 0.5) is 5.82 Å². The first-order valence-corrected chi connectivity index (χ1v) is 10.1. The Hall–Kier alpha value is -2.88. The average molecular weight is 378 g/mol. The molecule has 1 atom stereocenters. The van der Waals surface area contributed by atoms with Crippen LogP contribution in [0, 0.1) is 12.3 Å². The fourth-order valence-corrected chi connectivity index (χ4v) is 4.15. The highest BCUT2D eigenvalue weighted by Crippen LogP contribution is 2.30. The van der Waals surface area contributed by atoms with Gasteiger partial charge < -0.3 is 14.8 Å². The lowest BCUT2D eigenvalue weighted by molar-refractivity contribution is 0.0958. The van der Waals surface area contributed by atoms with E-state index in [2.05, 4.69) is 35.9 Å². The highest BCUT2D eigenvalue weighted by atomic mass is 16.1. The SMILES string of the molecule is C#CCNC(=O)c1ccc(N2CCC[C@H](c3nnc4n3CCCCC4)C2)nc1. The molecule has 0 aliphatic carbocycles. The Balaban J connectivity index is 1.46. The summed E-state index contributed by atoms with van der Waals surface area (Å²) in [4.78, 5) is 18.8. The Morgan fingerprint density at radius 3 is 2.96 bits per heavy atom. The van der Waals surface area contributed by atoms with Gasteiger partial charge in [-0.2, -0.15) is 0 Å². The van der Waals surface area contributed by atoms with Crippen LogP contribution in [-0.2, 0) is 13.0 Å². The molecular weight excluding hydrogens is 352 g/mol. The quantitative estimate of drug-likeness (QED) is 0.825. The zero-order valence-electron chi connectivity index (χ0n) is 16.1. The molecule has 0 bridgehead atoms. The number of aryl methyl sites for hydroxylation is 1. The number of amides is 1. The number of carbonyl (C=O) groups excluding carboxylic acids is 1. The van der Waals surface area contributed by atoms with Crippen LogP contribution in [0.2, 0.25) is 0 Å². The molecule has 7 heteroatoms. The average Bonchev–Trinajstić information content (AvgIpc) is 3.00. The summed E-state index contributed by atoms with van der Waals surface area (Å²) in [6.45, 7) is 3.10. The van der Waals surface area contributed by atoms with Crippen molar-refractivity contribution in [3.8, 4) is 12.3 Å². The Morgan fingerprint density at radius 2 is 2.14 bits per heavy atom. The van der Waals surface area contributed by atoms with Gasteiger partial charge >= 0.3 is 0 Å². The summed E-state index contributed by atoms with van der Waals surface area (Å²) in [5.41, 5.74) is 0.523. The van der Waals surface area contributed by atoms with Crippen molar-refractivity contribution in [3.63, 3.8) is 0 Å². The van der Waals surface area contributed by atoms with E-state index in [1.165, 1.54) is 19.3 Å². The molecule has 7 nitrogen and oxygen atoms in total. The molecule has 0 spiro atoms. The molecule has 1 fully saturated rings. The largest absolute Gasteiger partial charge is 0.356 e. The summed E-state index contributed by atoms with van der Waals surface area (Å²) in [5, 5.41) is 11.7. The number of pyridine rings is 1. The van der Waals surface area contributed by atoms with E-state index in [1.54, 1.807) is 12.3 Å². The van der Waals surface area contributed by atoms with Crippen LogP contribution in [0.15, 0.2) is 18.3 Å². The van der Waals surface area contributed by atoms with Gasteiger partial charge in [0.1, 0.15) is 17.5 Å². The third-order valence-corrected chi connectivity index (χ3v) is 5.61. The second-order valence-electron chi connectivity index (χ2n) is 7.51. The molecule has 2 aromatic heterocycles. The molecule has 4 rings (SSSR count). The number of aromatic nitrogens is 4. The van der Waals surface area contributed by atoms with E-state index in [9.17, 15) is 4.79 Å². The maximum Gasteiger partial charge on any atom is 0.253 e. The first kappa shape index (κ1) is 18.5. The Bertz CT molecular complexity index is 866. The number of rotatable bonds is 4. The normalized spacial score (nSPS) is 19.4. The minimum atomic E-state index is -0.195.